The lowest BCUT2D eigenvalue weighted by Crippen LogP contribution is -1.70. The maximum Gasteiger partial charge on any atom is 0.000942 e. The summed E-state index contributed by atoms with van der Waals surface area (Å²) in [5.74, 6) is 0. The highest BCUT2D eigenvalue weighted by Crippen LogP contribution is 2.91. The Hall–Kier alpha value is -0.260. The predicted molar refractivity (Wildman–Crippen MR) is 32.5 cm³/mol. The molecule has 3 aliphatic carbocycles. The molecular formula is C8H10. The number of allylic oxidation sites excluding steroid dienone is 1. The third-order valence-corrected chi connectivity index (χ3v) is 3.51. The van der Waals surface area contributed by atoms with Crippen LogP contribution in [0.2, 0.25) is 0 Å². The molecule has 0 bridgehead atoms. The van der Waals surface area contributed by atoms with Gasteiger partial charge in [-0.05, 0) is 25.7 Å². The van der Waals surface area contributed by atoms with Gasteiger partial charge in [-0.15, -0.1) is 0 Å². The molecule has 0 aromatic rings. The molecule has 8 heavy (non-hydrogen) atoms. The molecule has 2 spiro atoms. The summed E-state index contributed by atoms with van der Waals surface area (Å²) in [6.45, 7) is 4.10. The summed E-state index contributed by atoms with van der Waals surface area (Å²) in [4.78, 5) is 0. The van der Waals surface area contributed by atoms with Crippen LogP contribution in [0.15, 0.2) is 12.2 Å². The van der Waals surface area contributed by atoms with E-state index in [9.17, 15) is 0 Å². The normalized spacial score (nSPS) is 40.8. The smallest absolute Gasteiger partial charge is 0.000942 e. The van der Waals surface area contributed by atoms with Crippen molar-refractivity contribution in [2.45, 2.75) is 25.7 Å². The van der Waals surface area contributed by atoms with Gasteiger partial charge in [-0.25, -0.2) is 0 Å². The van der Waals surface area contributed by atoms with E-state index in [4.69, 9.17) is 0 Å². The Bertz CT molecular complexity index is 160. The molecule has 42 valence electrons. The Morgan fingerprint density at radius 2 is 1.38 bits per heavy atom. The van der Waals surface area contributed by atoms with Crippen LogP contribution in [0.4, 0.5) is 0 Å². The van der Waals surface area contributed by atoms with E-state index in [0.29, 0.717) is 0 Å². The Labute approximate surface area is 49.6 Å². The first-order valence-corrected chi connectivity index (χ1v) is 3.52. The van der Waals surface area contributed by atoms with Crippen molar-refractivity contribution in [2.24, 2.45) is 10.8 Å². The lowest BCUT2D eigenvalue weighted by atomic mass is 10.3. The minimum Gasteiger partial charge on any atom is -0.0987 e. The fourth-order valence-corrected chi connectivity index (χ4v) is 2.53. The summed E-state index contributed by atoms with van der Waals surface area (Å²) in [7, 11) is 0. The molecule has 0 aromatic heterocycles. The molecule has 0 nitrogen and oxygen atoms in total. The largest absolute Gasteiger partial charge is 0.0987 e. The first-order valence-electron chi connectivity index (χ1n) is 3.52. The van der Waals surface area contributed by atoms with Gasteiger partial charge in [0.15, 0.2) is 0 Å². The third-order valence-electron chi connectivity index (χ3n) is 3.51. The van der Waals surface area contributed by atoms with Crippen LogP contribution >= 0.6 is 0 Å². The van der Waals surface area contributed by atoms with E-state index in [-0.39, 0.29) is 0 Å². The minimum atomic E-state index is 0.771. The van der Waals surface area contributed by atoms with Gasteiger partial charge in [0.25, 0.3) is 0 Å². The molecule has 0 unspecified atom stereocenters. The molecule has 3 fully saturated rings. The van der Waals surface area contributed by atoms with Crippen LogP contribution in [0.3, 0.4) is 0 Å². The molecule has 0 saturated heterocycles. The molecular weight excluding hydrogens is 96.1 g/mol. The van der Waals surface area contributed by atoms with E-state index in [0.717, 1.165) is 10.8 Å². The topological polar surface area (TPSA) is 0 Å². The fourth-order valence-electron chi connectivity index (χ4n) is 2.53. The molecule has 3 rings (SSSR count). The van der Waals surface area contributed by atoms with Gasteiger partial charge in [0.2, 0.25) is 0 Å². The van der Waals surface area contributed by atoms with Crippen molar-refractivity contribution >= 4 is 0 Å². The summed E-state index contributed by atoms with van der Waals surface area (Å²) >= 11 is 0. The maximum atomic E-state index is 4.10. The molecule has 0 atom stereocenters. The lowest BCUT2D eigenvalue weighted by molar-refractivity contribution is 0.716. The summed E-state index contributed by atoms with van der Waals surface area (Å²) in [5.41, 5.74) is 3.16. The predicted octanol–water partition coefficient (Wildman–Crippen LogP) is 2.12. The highest BCUT2D eigenvalue weighted by atomic mass is 14.9. The molecule has 0 aromatic carbocycles. The summed E-state index contributed by atoms with van der Waals surface area (Å²) in [6, 6.07) is 0. The SMILES string of the molecule is C=C1C2(CC2)C12CC2. The molecule has 0 heteroatoms. The summed E-state index contributed by atoms with van der Waals surface area (Å²) in [5, 5.41) is 0. The third kappa shape index (κ3) is 0.156. The number of rotatable bonds is 0. The standard InChI is InChI=1S/C8H10/c1-6-7(2-3-7)8(6)4-5-8/h1-5H2. The van der Waals surface area contributed by atoms with E-state index in [2.05, 4.69) is 6.58 Å². The van der Waals surface area contributed by atoms with Crippen LogP contribution in [-0.2, 0) is 0 Å². The Kier molecular flexibility index (Phi) is 0.293. The second-order valence-electron chi connectivity index (χ2n) is 3.64. The number of hydrogen-bond donors (Lipinski definition) is 0. The average molecular weight is 106 g/mol. The van der Waals surface area contributed by atoms with Crippen LogP contribution in [0, 0.1) is 10.8 Å². The van der Waals surface area contributed by atoms with Crippen molar-refractivity contribution in [3.63, 3.8) is 0 Å². The van der Waals surface area contributed by atoms with E-state index in [1.165, 1.54) is 25.7 Å². The van der Waals surface area contributed by atoms with Crippen molar-refractivity contribution in [3.05, 3.63) is 12.2 Å². The molecule has 0 radical (unpaired) electrons. The zero-order chi connectivity index (χ0) is 5.41. The van der Waals surface area contributed by atoms with Gasteiger partial charge in [0, 0.05) is 10.8 Å². The monoisotopic (exact) mass is 106 g/mol. The first kappa shape index (κ1) is 3.71. The van der Waals surface area contributed by atoms with Crippen molar-refractivity contribution in [1.82, 2.24) is 0 Å². The van der Waals surface area contributed by atoms with Crippen LogP contribution in [0.25, 0.3) is 0 Å². The van der Waals surface area contributed by atoms with Gasteiger partial charge in [-0.2, -0.15) is 0 Å². The molecule has 3 saturated carbocycles. The summed E-state index contributed by atoms with van der Waals surface area (Å²) < 4.78 is 0. The molecule has 0 N–H and O–H groups in total. The Morgan fingerprint density at radius 1 is 1.00 bits per heavy atom. The fraction of sp³-hybridized carbons (Fsp3) is 0.750. The van der Waals surface area contributed by atoms with Gasteiger partial charge < -0.3 is 0 Å². The van der Waals surface area contributed by atoms with Crippen LogP contribution in [0.5, 0.6) is 0 Å². The average Bonchev–Trinajstić information content (AvgIpc) is 2.61. The van der Waals surface area contributed by atoms with Crippen molar-refractivity contribution in [3.8, 4) is 0 Å². The zero-order valence-corrected chi connectivity index (χ0v) is 5.04. The van der Waals surface area contributed by atoms with Crippen LogP contribution in [0.1, 0.15) is 25.7 Å². The van der Waals surface area contributed by atoms with Gasteiger partial charge in [-0.3, -0.25) is 0 Å². The minimum absolute atomic E-state index is 0.771. The summed E-state index contributed by atoms with van der Waals surface area (Å²) in [6.07, 6.45) is 5.91. The zero-order valence-electron chi connectivity index (χ0n) is 5.04. The number of fused-ring (bicyclic) bond motifs is 1. The lowest BCUT2D eigenvalue weighted by Gasteiger charge is -1.74. The Balaban J connectivity index is 2.17. The van der Waals surface area contributed by atoms with Crippen molar-refractivity contribution < 1.29 is 0 Å². The molecule has 0 heterocycles. The second kappa shape index (κ2) is 0.632. The van der Waals surface area contributed by atoms with Crippen LogP contribution < -0.4 is 0 Å². The van der Waals surface area contributed by atoms with E-state index >= 15 is 0 Å². The highest BCUT2D eigenvalue weighted by Gasteiger charge is 2.82. The quantitative estimate of drug-likeness (QED) is 0.415. The van der Waals surface area contributed by atoms with Crippen molar-refractivity contribution in [1.29, 1.82) is 0 Å². The van der Waals surface area contributed by atoms with Gasteiger partial charge in [0.05, 0.1) is 0 Å². The maximum absolute atomic E-state index is 4.10. The van der Waals surface area contributed by atoms with Crippen LogP contribution in [-0.4, -0.2) is 0 Å². The van der Waals surface area contributed by atoms with Gasteiger partial charge in [-0.1, -0.05) is 12.2 Å². The molecule has 3 aliphatic rings. The number of hydrogen-bond acceptors (Lipinski definition) is 0. The molecule has 0 aliphatic heterocycles. The van der Waals surface area contributed by atoms with E-state index < -0.39 is 0 Å². The second-order valence-corrected chi connectivity index (χ2v) is 3.64. The Morgan fingerprint density at radius 3 is 1.50 bits per heavy atom. The van der Waals surface area contributed by atoms with E-state index in [1.54, 1.807) is 5.57 Å². The van der Waals surface area contributed by atoms with E-state index in [1.807, 2.05) is 0 Å². The van der Waals surface area contributed by atoms with Gasteiger partial charge in [0.1, 0.15) is 0 Å². The van der Waals surface area contributed by atoms with Crippen molar-refractivity contribution in [2.75, 3.05) is 0 Å². The molecule has 0 amide bonds. The highest BCUT2D eigenvalue weighted by molar-refractivity contribution is 5.54. The first-order chi connectivity index (χ1) is 3.82. The van der Waals surface area contributed by atoms with Gasteiger partial charge >= 0.3 is 0 Å².